The molecule has 3 aromatic rings. The van der Waals surface area contributed by atoms with Gasteiger partial charge in [-0.05, 0) is 72.8 Å². The van der Waals surface area contributed by atoms with E-state index in [4.69, 9.17) is 9.47 Å². The monoisotopic (exact) mass is 320 g/mol. The molecule has 0 spiro atoms. The third-order valence-corrected chi connectivity index (χ3v) is 3.64. The van der Waals surface area contributed by atoms with Crippen molar-refractivity contribution in [2.45, 2.75) is 0 Å². The first-order chi connectivity index (χ1) is 11.8. The van der Waals surface area contributed by atoms with Gasteiger partial charge >= 0.3 is 0 Å². The summed E-state index contributed by atoms with van der Waals surface area (Å²) in [5, 5.41) is 6.72. The standard InChI is InChI=1S/C20H20N2O2/c1-23-19-11-7-17(8-12-19)21-15-3-5-16(6-4-15)22-18-9-13-20(24-2)14-10-18/h3-14,21-22H,1-2H3. The largest absolute Gasteiger partial charge is 0.497 e. The van der Waals surface area contributed by atoms with Gasteiger partial charge in [0.2, 0.25) is 0 Å². The van der Waals surface area contributed by atoms with Crippen LogP contribution in [0.3, 0.4) is 0 Å². The van der Waals surface area contributed by atoms with Crippen LogP contribution in [-0.2, 0) is 0 Å². The van der Waals surface area contributed by atoms with Crippen LogP contribution in [0.2, 0.25) is 0 Å². The number of methoxy groups -OCH3 is 2. The lowest BCUT2D eigenvalue weighted by molar-refractivity contribution is 0.415. The Kier molecular flexibility index (Phi) is 4.87. The minimum atomic E-state index is 0.847. The molecule has 0 bridgehead atoms. The maximum Gasteiger partial charge on any atom is 0.119 e. The van der Waals surface area contributed by atoms with Gasteiger partial charge in [0.05, 0.1) is 14.2 Å². The average Bonchev–Trinajstić information content (AvgIpc) is 2.65. The Bertz CT molecular complexity index is 698. The molecule has 0 saturated carbocycles. The molecule has 3 aromatic carbocycles. The van der Waals surface area contributed by atoms with E-state index >= 15 is 0 Å². The van der Waals surface area contributed by atoms with Crippen molar-refractivity contribution in [2.24, 2.45) is 0 Å². The van der Waals surface area contributed by atoms with Crippen molar-refractivity contribution in [1.82, 2.24) is 0 Å². The number of rotatable bonds is 6. The molecule has 3 rings (SSSR count). The van der Waals surface area contributed by atoms with E-state index in [-0.39, 0.29) is 0 Å². The molecule has 2 N–H and O–H groups in total. The predicted octanol–water partition coefficient (Wildman–Crippen LogP) is 5.19. The number of benzene rings is 3. The fraction of sp³-hybridized carbons (Fsp3) is 0.100. The zero-order chi connectivity index (χ0) is 16.8. The summed E-state index contributed by atoms with van der Waals surface area (Å²) >= 11 is 0. The fourth-order valence-electron chi connectivity index (χ4n) is 2.32. The van der Waals surface area contributed by atoms with Gasteiger partial charge in [0.15, 0.2) is 0 Å². The molecule has 0 saturated heterocycles. The average molecular weight is 320 g/mol. The van der Waals surface area contributed by atoms with E-state index < -0.39 is 0 Å². The molecule has 24 heavy (non-hydrogen) atoms. The van der Waals surface area contributed by atoms with Gasteiger partial charge in [-0.2, -0.15) is 0 Å². The minimum Gasteiger partial charge on any atom is -0.497 e. The van der Waals surface area contributed by atoms with E-state index in [0.717, 1.165) is 34.2 Å². The molecule has 0 atom stereocenters. The van der Waals surface area contributed by atoms with Crippen LogP contribution < -0.4 is 20.1 Å². The van der Waals surface area contributed by atoms with Crippen LogP contribution >= 0.6 is 0 Å². The summed E-state index contributed by atoms with van der Waals surface area (Å²) in [5.74, 6) is 1.69. The summed E-state index contributed by atoms with van der Waals surface area (Å²) in [5.41, 5.74) is 4.10. The maximum absolute atomic E-state index is 5.16. The van der Waals surface area contributed by atoms with Crippen molar-refractivity contribution in [1.29, 1.82) is 0 Å². The molecular weight excluding hydrogens is 300 g/mol. The highest BCUT2D eigenvalue weighted by Gasteiger charge is 1.99. The third-order valence-electron chi connectivity index (χ3n) is 3.64. The molecule has 0 heterocycles. The number of anilines is 4. The summed E-state index contributed by atoms with van der Waals surface area (Å²) in [6, 6.07) is 23.8. The van der Waals surface area contributed by atoms with Crippen LogP contribution in [0.15, 0.2) is 72.8 Å². The summed E-state index contributed by atoms with van der Waals surface area (Å²) in [4.78, 5) is 0. The lowest BCUT2D eigenvalue weighted by Crippen LogP contribution is -1.93. The number of ether oxygens (including phenoxy) is 2. The van der Waals surface area contributed by atoms with Gasteiger partial charge in [0.1, 0.15) is 11.5 Å². The highest BCUT2D eigenvalue weighted by atomic mass is 16.5. The molecule has 122 valence electrons. The van der Waals surface area contributed by atoms with Gasteiger partial charge in [0.25, 0.3) is 0 Å². The van der Waals surface area contributed by atoms with E-state index in [1.165, 1.54) is 0 Å². The van der Waals surface area contributed by atoms with Crippen LogP contribution in [0.4, 0.5) is 22.7 Å². The highest BCUT2D eigenvalue weighted by Crippen LogP contribution is 2.24. The second-order valence-electron chi connectivity index (χ2n) is 5.28. The molecule has 0 aliphatic rings. The van der Waals surface area contributed by atoms with E-state index in [2.05, 4.69) is 10.6 Å². The second kappa shape index (κ2) is 7.42. The minimum absolute atomic E-state index is 0.847. The van der Waals surface area contributed by atoms with Gasteiger partial charge in [-0.3, -0.25) is 0 Å². The van der Waals surface area contributed by atoms with E-state index in [9.17, 15) is 0 Å². The van der Waals surface area contributed by atoms with Crippen molar-refractivity contribution >= 4 is 22.7 Å². The molecule has 0 aliphatic heterocycles. The first-order valence-electron chi connectivity index (χ1n) is 7.69. The molecule has 4 heteroatoms. The summed E-state index contributed by atoms with van der Waals surface area (Å²) in [6.45, 7) is 0. The Hall–Kier alpha value is -3.14. The van der Waals surface area contributed by atoms with E-state index in [0.29, 0.717) is 0 Å². The zero-order valence-electron chi connectivity index (χ0n) is 13.7. The molecule has 0 fully saturated rings. The molecule has 0 unspecified atom stereocenters. The van der Waals surface area contributed by atoms with E-state index in [1.807, 2.05) is 72.8 Å². The normalized spacial score (nSPS) is 10.1. The topological polar surface area (TPSA) is 42.5 Å². The SMILES string of the molecule is COc1ccc(Nc2ccc(Nc3ccc(OC)cc3)cc2)cc1. The molecule has 0 radical (unpaired) electrons. The summed E-state index contributed by atoms with van der Waals surface area (Å²) < 4.78 is 10.3. The smallest absolute Gasteiger partial charge is 0.119 e. The fourth-order valence-corrected chi connectivity index (χ4v) is 2.32. The Morgan fingerprint density at radius 3 is 0.958 bits per heavy atom. The third kappa shape index (κ3) is 3.98. The van der Waals surface area contributed by atoms with Crippen LogP contribution in [0.5, 0.6) is 11.5 Å². The Morgan fingerprint density at radius 1 is 0.458 bits per heavy atom. The van der Waals surface area contributed by atoms with Crippen molar-refractivity contribution < 1.29 is 9.47 Å². The molecule has 4 nitrogen and oxygen atoms in total. The Labute approximate surface area is 142 Å². The molecule has 0 aliphatic carbocycles. The maximum atomic E-state index is 5.16. The van der Waals surface area contributed by atoms with Crippen molar-refractivity contribution in [3.05, 3.63) is 72.8 Å². The summed E-state index contributed by atoms with van der Waals surface area (Å²) in [7, 11) is 3.33. The van der Waals surface area contributed by atoms with Gasteiger partial charge in [0, 0.05) is 22.7 Å². The second-order valence-corrected chi connectivity index (χ2v) is 5.28. The van der Waals surface area contributed by atoms with Crippen LogP contribution in [0.25, 0.3) is 0 Å². The molecule has 0 amide bonds. The van der Waals surface area contributed by atoms with Crippen molar-refractivity contribution in [3.63, 3.8) is 0 Å². The Balaban J connectivity index is 1.63. The quantitative estimate of drug-likeness (QED) is 0.656. The molecular formula is C20H20N2O2. The van der Waals surface area contributed by atoms with Crippen molar-refractivity contribution in [3.8, 4) is 11.5 Å². The van der Waals surface area contributed by atoms with E-state index in [1.54, 1.807) is 14.2 Å². The highest BCUT2D eigenvalue weighted by molar-refractivity contribution is 5.66. The number of hydrogen-bond donors (Lipinski definition) is 2. The molecule has 0 aromatic heterocycles. The van der Waals surface area contributed by atoms with Crippen LogP contribution in [0.1, 0.15) is 0 Å². The lowest BCUT2D eigenvalue weighted by atomic mass is 10.2. The van der Waals surface area contributed by atoms with Gasteiger partial charge in [-0.15, -0.1) is 0 Å². The number of hydrogen-bond acceptors (Lipinski definition) is 4. The van der Waals surface area contributed by atoms with Gasteiger partial charge < -0.3 is 20.1 Å². The zero-order valence-corrected chi connectivity index (χ0v) is 13.7. The van der Waals surface area contributed by atoms with Gasteiger partial charge in [-0.1, -0.05) is 0 Å². The predicted molar refractivity (Wildman–Crippen MR) is 99.0 cm³/mol. The lowest BCUT2D eigenvalue weighted by Gasteiger charge is -2.10. The first kappa shape index (κ1) is 15.7. The van der Waals surface area contributed by atoms with Crippen LogP contribution in [0, 0.1) is 0 Å². The van der Waals surface area contributed by atoms with Gasteiger partial charge in [-0.25, -0.2) is 0 Å². The first-order valence-corrected chi connectivity index (χ1v) is 7.69. The van der Waals surface area contributed by atoms with Crippen LogP contribution in [-0.4, -0.2) is 14.2 Å². The van der Waals surface area contributed by atoms with Crippen molar-refractivity contribution in [2.75, 3.05) is 24.9 Å². The Morgan fingerprint density at radius 2 is 0.708 bits per heavy atom. The number of nitrogens with one attached hydrogen (secondary N) is 2. The summed E-state index contributed by atoms with van der Waals surface area (Å²) in [6.07, 6.45) is 0.